The zero-order chi connectivity index (χ0) is 18.1. The lowest BCUT2D eigenvalue weighted by molar-refractivity contribution is -0.124. The van der Waals surface area contributed by atoms with E-state index in [4.69, 9.17) is 21.1 Å². The molecule has 0 aliphatic carbocycles. The molecule has 0 aromatic heterocycles. The first-order chi connectivity index (χ1) is 12.1. The number of nitrogens with one attached hydrogen (secondary N) is 1. The van der Waals surface area contributed by atoms with Crippen LogP contribution in [0.3, 0.4) is 0 Å². The van der Waals surface area contributed by atoms with Crippen molar-refractivity contribution >= 4 is 35.2 Å². The van der Waals surface area contributed by atoms with Gasteiger partial charge in [0.2, 0.25) is 0 Å². The Hall–Kier alpha value is -2.18. The smallest absolute Gasteiger partial charge is 0.342 e. The number of ether oxygens (including phenoxy) is 2. The minimum atomic E-state index is -0.659. The lowest BCUT2D eigenvalue weighted by Gasteiger charge is -2.09. The Kier molecular flexibility index (Phi) is 7.63. The maximum Gasteiger partial charge on any atom is 0.342 e. The number of carbonyl (C=O) groups is 2. The van der Waals surface area contributed by atoms with Gasteiger partial charge in [-0.1, -0.05) is 29.8 Å². The third kappa shape index (κ3) is 6.32. The number of halogens is 1. The number of hydrogen-bond acceptors (Lipinski definition) is 5. The number of methoxy groups -OCH3 is 1. The van der Waals surface area contributed by atoms with Gasteiger partial charge in [0.05, 0.1) is 7.11 Å². The van der Waals surface area contributed by atoms with E-state index in [1.807, 2.05) is 30.3 Å². The van der Waals surface area contributed by atoms with E-state index >= 15 is 0 Å². The Morgan fingerprint density at radius 1 is 1.16 bits per heavy atom. The highest BCUT2D eigenvalue weighted by Crippen LogP contribution is 2.23. The number of benzene rings is 2. The van der Waals surface area contributed by atoms with Crippen molar-refractivity contribution in [2.75, 3.05) is 26.0 Å². The van der Waals surface area contributed by atoms with E-state index in [-0.39, 0.29) is 18.1 Å². The Balaban J connectivity index is 1.72. The van der Waals surface area contributed by atoms with Gasteiger partial charge in [-0.2, -0.15) is 0 Å². The third-order valence-corrected chi connectivity index (χ3v) is 4.40. The van der Waals surface area contributed by atoms with Gasteiger partial charge >= 0.3 is 5.97 Å². The minimum absolute atomic E-state index is 0.183. The number of amides is 1. The molecule has 0 heterocycles. The number of esters is 1. The van der Waals surface area contributed by atoms with Crippen LogP contribution in [0.2, 0.25) is 5.02 Å². The van der Waals surface area contributed by atoms with E-state index in [1.54, 1.807) is 23.9 Å². The number of hydrogen-bond donors (Lipinski definition) is 1. The molecule has 0 unspecified atom stereocenters. The molecule has 132 valence electrons. The van der Waals surface area contributed by atoms with Crippen LogP contribution in [-0.4, -0.2) is 37.9 Å². The van der Waals surface area contributed by atoms with Crippen LogP contribution >= 0.6 is 23.4 Å². The molecule has 2 rings (SSSR count). The maximum absolute atomic E-state index is 12.1. The first-order valence-corrected chi connectivity index (χ1v) is 8.91. The van der Waals surface area contributed by atoms with Gasteiger partial charge in [0, 0.05) is 22.2 Å². The van der Waals surface area contributed by atoms with E-state index in [0.29, 0.717) is 17.3 Å². The van der Waals surface area contributed by atoms with Gasteiger partial charge in [-0.05, 0) is 30.3 Å². The molecule has 1 amide bonds. The molecule has 0 radical (unpaired) electrons. The molecule has 0 fully saturated rings. The summed E-state index contributed by atoms with van der Waals surface area (Å²) in [5.74, 6) is 0.0523. The molecule has 7 heteroatoms. The number of thioether (sulfide) groups is 1. The summed E-state index contributed by atoms with van der Waals surface area (Å²) in [5.41, 5.74) is 0.183. The van der Waals surface area contributed by atoms with Crippen LogP contribution in [0.25, 0.3) is 0 Å². The monoisotopic (exact) mass is 379 g/mol. The fraction of sp³-hybridized carbons (Fsp3) is 0.222. The summed E-state index contributed by atoms with van der Waals surface area (Å²) in [6.45, 7) is 0.126. The molecule has 0 saturated carbocycles. The molecule has 0 spiro atoms. The third-order valence-electron chi connectivity index (χ3n) is 3.15. The van der Waals surface area contributed by atoms with Crippen molar-refractivity contribution < 1.29 is 19.1 Å². The van der Waals surface area contributed by atoms with E-state index in [0.717, 1.165) is 10.6 Å². The van der Waals surface area contributed by atoms with Crippen molar-refractivity contribution in [3.8, 4) is 5.75 Å². The predicted molar refractivity (Wildman–Crippen MR) is 98.5 cm³/mol. The quantitative estimate of drug-likeness (QED) is 0.432. The van der Waals surface area contributed by atoms with Crippen molar-refractivity contribution in [2.45, 2.75) is 4.90 Å². The van der Waals surface area contributed by atoms with Crippen LogP contribution in [0.1, 0.15) is 10.4 Å². The molecule has 0 aliphatic heterocycles. The lowest BCUT2D eigenvalue weighted by atomic mass is 10.2. The molecular formula is C18H18ClNO4S. The summed E-state index contributed by atoms with van der Waals surface area (Å²) in [7, 11) is 1.44. The zero-order valence-electron chi connectivity index (χ0n) is 13.7. The van der Waals surface area contributed by atoms with Crippen molar-refractivity contribution in [3.63, 3.8) is 0 Å². The topological polar surface area (TPSA) is 64.6 Å². The second kappa shape index (κ2) is 9.96. The normalized spacial score (nSPS) is 10.2. The van der Waals surface area contributed by atoms with E-state index in [9.17, 15) is 9.59 Å². The first kappa shape index (κ1) is 19.1. The fourth-order valence-corrected chi connectivity index (χ4v) is 2.94. The summed E-state index contributed by atoms with van der Waals surface area (Å²) >= 11 is 7.51. The van der Waals surface area contributed by atoms with Gasteiger partial charge in [0.15, 0.2) is 6.61 Å². The lowest BCUT2D eigenvalue weighted by Crippen LogP contribution is -2.30. The minimum Gasteiger partial charge on any atom is -0.496 e. The maximum atomic E-state index is 12.1. The van der Waals surface area contributed by atoms with Crippen LogP contribution in [-0.2, 0) is 9.53 Å². The second-order valence-corrected chi connectivity index (χ2v) is 6.54. The number of rotatable bonds is 8. The van der Waals surface area contributed by atoms with Gasteiger partial charge in [-0.15, -0.1) is 11.8 Å². The van der Waals surface area contributed by atoms with E-state index in [2.05, 4.69) is 5.32 Å². The zero-order valence-corrected chi connectivity index (χ0v) is 15.2. The largest absolute Gasteiger partial charge is 0.496 e. The highest BCUT2D eigenvalue weighted by molar-refractivity contribution is 7.99. The number of carbonyl (C=O) groups excluding carboxylic acids is 2. The summed E-state index contributed by atoms with van der Waals surface area (Å²) in [5, 5.41) is 3.09. The summed E-state index contributed by atoms with van der Waals surface area (Å²) < 4.78 is 10.1. The molecule has 1 N–H and O–H groups in total. The molecule has 0 aliphatic rings. The van der Waals surface area contributed by atoms with Gasteiger partial charge < -0.3 is 14.8 Å². The van der Waals surface area contributed by atoms with Crippen molar-refractivity contribution in [1.29, 1.82) is 0 Å². The summed E-state index contributed by atoms with van der Waals surface area (Å²) in [6, 6.07) is 14.5. The molecule has 0 atom stereocenters. The molecule has 25 heavy (non-hydrogen) atoms. The van der Waals surface area contributed by atoms with Crippen molar-refractivity contribution in [1.82, 2.24) is 5.32 Å². The highest BCUT2D eigenvalue weighted by Gasteiger charge is 2.15. The Morgan fingerprint density at radius 2 is 1.92 bits per heavy atom. The van der Waals surface area contributed by atoms with Crippen molar-refractivity contribution in [3.05, 3.63) is 59.1 Å². The Labute approximate surface area is 155 Å². The molecule has 0 saturated heterocycles. The SMILES string of the molecule is COc1ccc(Cl)cc1C(=O)OCC(=O)NCCSc1ccccc1. The molecule has 2 aromatic carbocycles. The van der Waals surface area contributed by atoms with Gasteiger partial charge in [-0.25, -0.2) is 4.79 Å². The molecular weight excluding hydrogens is 362 g/mol. The summed E-state index contributed by atoms with van der Waals surface area (Å²) in [6.07, 6.45) is 0. The standard InChI is InChI=1S/C18H18ClNO4S/c1-23-16-8-7-13(19)11-15(16)18(22)24-12-17(21)20-9-10-25-14-5-3-2-4-6-14/h2-8,11H,9-10,12H2,1H3,(H,20,21). The molecule has 2 aromatic rings. The van der Waals surface area contributed by atoms with Crippen molar-refractivity contribution in [2.24, 2.45) is 0 Å². The second-order valence-electron chi connectivity index (χ2n) is 4.93. The van der Waals surface area contributed by atoms with Gasteiger partial charge in [0.1, 0.15) is 11.3 Å². The van der Waals surface area contributed by atoms with E-state index < -0.39 is 5.97 Å². The average Bonchev–Trinajstić information content (AvgIpc) is 2.64. The Morgan fingerprint density at radius 3 is 2.64 bits per heavy atom. The Bertz CT molecular complexity index is 724. The summed E-state index contributed by atoms with van der Waals surface area (Å²) in [4.78, 5) is 24.9. The average molecular weight is 380 g/mol. The van der Waals surface area contributed by atoms with Crippen LogP contribution in [0.4, 0.5) is 0 Å². The first-order valence-electron chi connectivity index (χ1n) is 7.55. The van der Waals surface area contributed by atoms with Crippen LogP contribution in [0.15, 0.2) is 53.4 Å². The van der Waals surface area contributed by atoms with Crippen LogP contribution < -0.4 is 10.1 Å². The highest BCUT2D eigenvalue weighted by atomic mass is 35.5. The fourth-order valence-electron chi connectivity index (χ4n) is 1.98. The molecule has 5 nitrogen and oxygen atoms in total. The predicted octanol–water partition coefficient (Wildman–Crippen LogP) is 3.41. The van der Waals surface area contributed by atoms with Crippen LogP contribution in [0, 0.1) is 0 Å². The van der Waals surface area contributed by atoms with Gasteiger partial charge in [0.25, 0.3) is 5.91 Å². The van der Waals surface area contributed by atoms with E-state index in [1.165, 1.54) is 13.2 Å². The van der Waals surface area contributed by atoms with Crippen LogP contribution in [0.5, 0.6) is 5.75 Å². The van der Waals surface area contributed by atoms with Gasteiger partial charge in [-0.3, -0.25) is 4.79 Å². The molecule has 0 bridgehead atoms.